The third-order valence-corrected chi connectivity index (χ3v) is 2.77. The number of hydrogen-bond acceptors (Lipinski definition) is 5. The van der Waals surface area contributed by atoms with Crippen molar-refractivity contribution in [3.8, 4) is 0 Å². The van der Waals surface area contributed by atoms with Crippen LogP contribution in [0.4, 0.5) is 0 Å². The maximum absolute atomic E-state index is 12.1. The molecule has 0 unspecified atom stereocenters. The van der Waals surface area contributed by atoms with Crippen LogP contribution in [0.15, 0.2) is 11.8 Å². The van der Waals surface area contributed by atoms with E-state index in [1.54, 1.807) is 20.8 Å². The highest BCUT2D eigenvalue weighted by Crippen LogP contribution is 2.34. The molecule has 1 N–H and O–H groups in total. The molecule has 2 amide bonds. The molecule has 110 valence electrons. The van der Waals surface area contributed by atoms with Gasteiger partial charge in [-0.3, -0.25) is 9.59 Å². The summed E-state index contributed by atoms with van der Waals surface area (Å²) < 4.78 is 4.81. The highest BCUT2D eigenvalue weighted by Gasteiger charge is 2.48. The Labute approximate surface area is 116 Å². The van der Waals surface area contributed by atoms with Crippen molar-refractivity contribution in [2.24, 2.45) is 5.41 Å². The summed E-state index contributed by atoms with van der Waals surface area (Å²) in [5.41, 5.74) is -1.51. The Balaban J connectivity index is 3.13. The van der Waals surface area contributed by atoms with Crippen molar-refractivity contribution in [3.05, 3.63) is 11.8 Å². The number of esters is 1. The molecule has 0 bridgehead atoms. The lowest BCUT2D eigenvalue weighted by Crippen LogP contribution is -2.36. The summed E-state index contributed by atoms with van der Waals surface area (Å²) in [5.74, 6) is -3.64. The van der Waals surface area contributed by atoms with Crippen LogP contribution >= 0.6 is 0 Å². The van der Waals surface area contributed by atoms with Crippen molar-refractivity contribution in [1.82, 2.24) is 4.90 Å². The number of likely N-dealkylation sites (tertiary alicyclic amines) is 1. The van der Waals surface area contributed by atoms with E-state index in [9.17, 15) is 19.2 Å². The van der Waals surface area contributed by atoms with E-state index in [1.165, 1.54) is 0 Å². The molecule has 0 aliphatic carbocycles. The van der Waals surface area contributed by atoms with Gasteiger partial charge in [0.1, 0.15) is 5.70 Å². The van der Waals surface area contributed by atoms with Crippen molar-refractivity contribution in [2.45, 2.75) is 33.6 Å². The van der Waals surface area contributed by atoms with Crippen LogP contribution < -0.4 is 0 Å². The predicted molar refractivity (Wildman–Crippen MR) is 67.2 cm³/mol. The van der Waals surface area contributed by atoms with Crippen LogP contribution in [0.2, 0.25) is 0 Å². The second-order valence-electron chi connectivity index (χ2n) is 5.10. The molecule has 1 rings (SSSR count). The minimum atomic E-state index is -1.43. The van der Waals surface area contributed by atoms with E-state index in [-0.39, 0.29) is 13.0 Å². The summed E-state index contributed by atoms with van der Waals surface area (Å²) in [6, 6.07) is 0. The monoisotopic (exact) mass is 283 g/mol. The molecule has 0 aromatic rings. The fourth-order valence-electron chi connectivity index (χ4n) is 1.79. The molecule has 0 radical (unpaired) electrons. The van der Waals surface area contributed by atoms with Gasteiger partial charge in [0.25, 0.3) is 0 Å². The number of carbonyl (C=O) groups excluding carboxylic acids is 3. The number of imide groups is 1. The van der Waals surface area contributed by atoms with Crippen LogP contribution in [0.5, 0.6) is 0 Å². The van der Waals surface area contributed by atoms with E-state index in [0.717, 1.165) is 0 Å². The van der Waals surface area contributed by atoms with E-state index < -0.39 is 34.9 Å². The van der Waals surface area contributed by atoms with Gasteiger partial charge in [0.2, 0.25) is 11.8 Å². The number of rotatable bonds is 5. The van der Waals surface area contributed by atoms with Crippen LogP contribution in [-0.2, 0) is 23.9 Å². The van der Waals surface area contributed by atoms with Crippen LogP contribution in [0.1, 0.15) is 33.6 Å². The molecule has 0 saturated carbocycles. The number of amides is 2. The zero-order chi connectivity index (χ0) is 15.5. The highest BCUT2D eigenvalue weighted by molar-refractivity contribution is 6.13. The first kappa shape index (κ1) is 15.9. The first-order valence-corrected chi connectivity index (χ1v) is 6.20. The van der Waals surface area contributed by atoms with Gasteiger partial charge in [0.15, 0.2) is 0 Å². The Morgan fingerprint density at radius 3 is 2.40 bits per heavy atom. The minimum Gasteiger partial charge on any atom is -0.478 e. The summed E-state index contributed by atoms with van der Waals surface area (Å²) in [4.78, 5) is 47.2. The lowest BCUT2D eigenvalue weighted by atomic mass is 9.92. The van der Waals surface area contributed by atoms with E-state index in [0.29, 0.717) is 17.4 Å². The predicted octanol–water partition coefficient (Wildman–Crippen LogP) is 0.693. The molecule has 7 nitrogen and oxygen atoms in total. The zero-order valence-electron chi connectivity index (χ0n) is 11.6. The fraction of sp³-hybridized carbons (Fsp3) is 0.538. The Hall–Kier alpha value is -2.18. The van der Waals surface area contributed by atoms with Crippen LogP contribution in [0.25, 0.3) is 0 Å². The molecule has 0 spiro atoms. The van der Waals surface area contributed by atoms with E-state index >= 15 is 0 Å². The van der Waals surface area contributed by atoms with Gasteiger partial charge < -0.3 is 9.84 Å². The van der Waals surface area contributed by atoms with Gasteiger partial charge in [-0.15, -0.1) is 0 Å². The maximum atomic E-state index is 12.1. The number of aliphatic carboxylic acids is 1. The third kappa shape index (κ3) is 3.23. The Morgan fingerprint density at radius 1 is 1.40 bits per heavy atom. The van der Waals surface area contributed by atoms with Crippen molar-refractivity contribution < 1.29 is 29.0 Å². The van der Waals surface area contributed by atoms with Crippen molar-refractivity contribution in [1.29, 1.82) is 0 Å². The molecule has 0 atom stereocenters. The molecule has 7 heteroatoms. The Morgan fingerprint density at radius 2 is 2.00 bits per heavy atom. The second kappa shape index (κ2) is 5.85. The third-order valence-electron chi connectivity index (χ3n) is 2.77. The summed E-state index contributed by atoms with van der Waals surface area (Å²) in [6.07, 6.45) is 0.985. The summed E-state index contributed by atoms with van der Waals surface area (Å²) in [7, 11) is 0. The summed E-state index contributed by atoms with van der Waals surface area (Å²) in [5, 5.41) is 8.79. The summed E-state index contributed by atoms with van der Waals surface area (Å²) >= 11 is 0. The number of ether oxygens (including phenoxy) is 1. The molecule has 20 heavy (non-hydrogen) atoms. The number of carboxylic acid groups (broad SMARTS) is 1. The van der Waals surface area contributed by atoms with Crippen molar-refractivity contribution in [3.63, 3.8) is 0 Å². The molecule has 1 fully saturated rings. The summed E-state index contributed by atoms with van der Waals surface area (Å²) in [6.45, 7) is 4.96. The normalized spacial score (nSPS) is 18.4. The molecule has 1 aliphatic rings. The second-order valence-corrected chi connectivity index (χ2v) is 5.10. The average molecular weight is 283 g/mol. The van der Waals surface area contributed by atoms with Gasteiger partial charge in [0.05, 0.1) is 18.1 Å². The standard InChI is InChI=1S/C13H17NO6/c1-4-5-20-11(18)8(6-10(16)17)14-9(15)7-13(2,3)12(14)19/h6H,4-5,7H2,1-3H3,(H,16,17)/b8-6-. The number of hydrogen-bond donors (Lipinski definition) is 1. The largest absolute Gasteiger partial charge is 0.478 e. The molecule has 0 aromatic carbocycles. The molecular weight excluding hydrogens is 266 g/mol. The number of carbonyl (C=O) groups is 4. The smallest absolute Gasteiger partial charge is 0.355 e. The fourth-order valence-corrected chi connectivity index (χ4v) is 1.79. The van der Waals surface area contributed by atoms with Gasteiger partial charge in [-0.2, -0.15) is 0 Å². The van der Waals surface area contributed by atoms with Crippen LogP contribution in [0, 0.1) is 5.41 Å². The lowest BCUT2D eigenvalue weighted by molar-refractivity contribution is -0.148. The van der Waals surface area contributed by atoms with Gasteiger partial charge in [-0.1, -0.05) is 20.8 Å². The van der Waals surface area contributed by atoms with E-state index in [1.807, 2.05) is 0 Å². The minimum absolute atomic E-state index is 0.0788. The SMILES string of the molecule is CCCOC(=O)/C(=C/C(=O)O)N1C(=O)CC(C)(C)C1=O. The average Bonchev–Trinajstić information content (AvgIpc) is 2.52. The van der Waals surface area contributed by atoms with Gasteiger partial charge >= 0.3 is 11.9 Å². The molecule has 1 heterocycles. The Bertz CT molecular complexity index is 491. The van der Waals surface area contributed by atoms with Crippen LogP contribution in [-0.4, -0.2) is 40.4 Å². The maximum Gasteiger partial charge on any atom is 0.355 e. The topological polar surface area (TPSA) is 101 Å². The van der Waals surface area contributed by atoms with Crippen molar-refractivity contribution in [2.75, 3.05) is 6.61 Å². The number of nitrogens with zero attached hydrogens (tertiary/aromatic N) is 1. The molecule has 1 saturated heterocycles. The first-order valence-electron chi connectivity index (χ1n) is 6.20. The quantitative estimate of drug-likeness (QED) is 0.452. The number of carboxylic acids is 1. The molecule has 1 aliphatic heterocycles. The van der Waals surface area contributed by atoms with E-state index in [4.69, 9.17) is 9.84 Å². The van der Waals surface area contributed by atoms with Gasteiger partial charge in [-0.05, 0) is 6.42 Å². The lowest BCUT2D eigenvalue weighted by Gasteiger charge is -2.19. The molecule has 0 aromatic heterocycles. The highest BCUT2D eigenvalue weighted by atomic mass is 16.5. The first-order chi connectivity index (χ1) is 9.20. The molecular formula is C13H17NO6. The van der Waals surface area contributed by atoms with Crippen molar-refractivity contribution >= 4 is 23.8 Å². The Kier molecular flexibility index (Phi) is 4.65. The van der Waals surface area contributed by atoms with Gasteiger partial charge in [-0.25, -0.2) is 14.5 Å². The van der Waals surface area contributed by atoms with E-state index in [2.05, 4.69) is 0 Å². The van der Waals surface area contributed by atoms with Crippen LogP contribution in [0.3, 0.4) is 0 Å². The zero-order valence-corrected chi connectivity index (χ0v) is 11.6. The van der Waals surface area contributed by atoms with Gasteiger partial charge in [0, 0.05) is 6.42 Å².